The van der Waals surface area contributed by atoms with Gasteiger partial charge in [0.05, 0.1) is 7.11 Å². The smallest absolute Gasteiger partial charge is 0.128 e. The second-order valence-corrected chi connectivity index (χ2v) is 5.51. The predicted octanol–water partition coefficient (Wildman–Crippen LogP) is 2.38. The maximum absolute atomic E-state index is 6.26. The van der Waals surface area contributed by atoms with Gasteiger partial charge in [-0.25, -0.2) is 0 Å². The molecule has 1 aliphatic rings. The molecule has 17 heavy (non-hydrogen) atoms. The first kappa shape index (κ1) is 12.4. The van der Waals surface area contributed by atoms with E-state index in [0.717, 1.165) is 29.0 Å². The highest BCUT2D eigenvalue weighted by atomic mass is 16.5. The quantitative estimate of drug-likeness (QED) is 0.870. The number of nitrogens with two attached hydrogens (primary N) is 1. The zero-order valence-corrected chi connectivity index (χ0v) is 11.2. The van der Waals surface area contributed by atoms with Crippen LogP contribution in [0.15, 0.2) is 6.20 Å². The summed E-state index contributed by atoms with van der Waals surface area (Å²) in [7, 11) is 1.71. The maximum Gasteiger partial charge on any atom is 0.128 e. The summed E-state index contributed by atoms with van der Waals surface area (Å²) in [5.74, 6) is 0.947. The fourth-order valence-electron chi connectivity index (χ4n) is 2.30. The average Bonchev–Trinajstić information content (AvgIpc) is 3.03. The Morgan fingerprint density at radius 3 is 2.65 bits per heavy atom. The Morgan fingerprint density at radius 2 is 2.12 bits per heavy atom. The Balaban J connectivity index is 2.21. The summed E-state index contributed by atoms with van der Waals surface area (Å²) in [6.07, 6.45) is 5.22. The van der Waals surface area contributed by atoms with Gasteiger partial charge in [0.15, 0.2) is 0 Å². The third kappa shape index (κ3) is 2.29. The predicted molar refractivity (Wildman–Crippen MR) is 69.3 cm³/mol. The van der Waals surface area contributed by atoms with Gasteiger partial charge in [-0.3, -0.25) is 4.98 Å². The lowest BCUT2D eigenvalue weighted by Crippen LogP contribution is -2.32. The van der Waals surface area contributed by atoms with Crippen LogP contribution < -0.4 is 10.5 Å². The highest BCUT2D eigenvalue weighted by Gasteiger charge is 2.43. The van der Waals surface area contributed by atoms with Gasteiger partial charge in [-0.15, -0.1) is 0 Å². The van der Waals surface area contributed by atoms with Crippen molar-refractivity contribution < 1.29 is 4.74 Å². The zero-order chi connectivity index (χ0) is 12.6. The van der Waals surface area contributed by atoms with Gasteiger partial charge in [-0.2, -0.15) is 0 Å². The Kier molecular flexibility index (Phi) is 3.13. The molecule has 1 unspecified atom stereocenters. The first-order valence-corrected chi connectivity index (χ1v) is 6.22. The van der Waals surface area contributed by atoms with Crippen LogP contribution in [0.2, 0.25) is 0 Å². The summed E-state index contributed by atoms with van der Waals surface area (Å²) in [6.45, 7) is 6.35. The largest absolute Gasteiger partial charge is 0.496 e. The third-order valence-corrected chi connectivity index (χ3v) is 4.10. The van der Waals surface area contributed by atoms with E-state index < -0.39 is 0 Å². The van der Waals surface area contributed by atoms with Crippen molar-refractivity contribution in [1.29, 1.82) is 0 Å². The Labute approximate surface area is 103 Å². The molecule has 3 nitrogen and oxygen atoms in total. The number of hydrogen-bond donors (Lipinski definition) is 1. The lowest BCUT2D eigenvalue weighted by molar-refractivity contribution is 0.402. The molecule has 0 saturated heterocycles. The topological polar surface area (TPSA) is 48.1 Å². The standard InChI is InChI=1S/C14H22N2O/c1-9-8-16-11(10(2)13(9)17-4)7-12(15)14(3)5-6-14/h8,12H,5-7,15H2,1-4H3. The lowest BCUT2D eigenvalue weighted by Gasteiger charge is -2.20. The normalized spacial score (nSPS) is 18.9. The maximum atomic E-state index is 6.26. The fraction of sp³-hybridized carbons (Fsp3) is 0.643. The molecule has 1 aliphatic carbocycles. The molecule has 1 saturated carbocycles. The van der Waals surface area contributed by atoms with Crippen LogP contribution in [-0.2, 0) is 6.42 Å². The van der Waals surface area contributed by atoms with E-state index in [-0.39, 0.29) is 6.04 Å². The molecule has 2 N–H and O–H groups in total. The minimum absolute atomic E-state index is 0.209. The molecule has 1 atom stereocenters. The second-order valence-electron chi connectivity index (χ2n) is 5.51. The SMILES string of the molecule is COc1c(C)cnc(CC(N)C2(C)CC2)c1C. The first-order valence-electron chi connectivity index (χ1n) is 6.22. The molecule has 0 bridgehead atoms. The van der Waals surface area contributed by atoms with Crippen molar-refractivity contribution in [3.05, 3.63) is 23.0 Å². The summed E-state index contributed by atoms with van der Waals surface area (Å²) >= 11 is 0. The number of aromatic nitrogens is 1. The van der Waals surface area contributed by atoms with Gasteiger partial charge in [0, 0.05) is 35.5 Å². The molecular weight excluding hydrogens is 212 g/mol. The van der Waals surface area contributed by atoms with Gasteiger partial charge in [0.1, 0.15) is 5.75 Å². The van der Waals surface area contributed by atoms with E-state index in [1.54, 1.807) is 7.11 Å². The van der Waals surface area contributed by atoms with E-state index in [0.29, 0.717) is 5.41 Å². The molecule has 1 fully saturated rings. The number of ether oxygens (including phenoxy) is 1. The molecule has 0 spiro atoms. The molecule has 0 aromatic carbocycles. The monoisotopic (exact) mass is 234 g/mol. The van der Waals surface area contributed by atoms with Crippen LogP contribution in [0.5, 0.6) is 5.75 Å². The number of methoxy groups -OCH3 is 1. The molecule has 1 aromatic rings. The summed E-state index contributed by atoms with van der Waals surface area (Å²) < 4.78 is 5.42. The molecule has 1 aromatic heterocycles. The third-order valence-electron chi connectivity index (χ3n) is 4.10. The molecule has 2 rings (SSSR count). The van der Waals surface area contributed by atoms with E-state index in [1.807, 2.05) is 13.1 Å². The highest BCUT2D eigenvalue weighted by molar-refractivity contribution is 5.41. The molecule has 1 heterocycles. The molecule has 3 heteroatoms. The summed E-state index contributed by atoms with van der Waals surface area (Å²) in [6, 6.07) is 0.209. The van der Waals surface area contributed by atoms with Crippen molar-refractivity contribution in [1.82, 2.24) is 4.98 Å². The average molecular weight is 234 g/mol. The molecule has 0 amide bonds. The minimum atomic E-state index is 0.209. The molecular formula is C14H22N2O. The van der Waals surface area contributed by atoms with Crippen LogP contribution in [0.4, 0.5) is 0 Å². The van der Waals surface area contributed by atoms with E-state index >= 15 is 0 Å². The Hall–Kier alpha value is -1.09. The van der Waals surface area contributed by atoms with E-state index in [4.69, 9.17) is 10.5 Å². The van der Waals surface area contributed by atoms with Gasteiger partial charge < -0.3 is 10.5 Å². The number of aryl methyl sites for hydroxylation is 1. The second kappa shape index (κ2) is 4.30. The molecule has 0 radical (unpaired) electrons. The van der Waals surface area contributed by atoms with Crippen molar-refractivity contribution in [3.63, 3.8) is 0 Å². The van der Waals surface area contributed by atoms with Gasteiger partial charge in [0.2, 0.25) is 0 Å². The summed E-state index contributed by atoms with van der Waals surface area (Å²) in [5, 5.41) is 0. The number of rotatable bonds is 4. The number of nitrogens with zero attached hydrogens (tertiary/aromatic N) is 1. The Bertz CT molecular complexity index is 424. The van der Waals surface area contributed by atoms with E-state index in [2.05, 4.69) is 18.8 Å². The van der Waals surface area contributed by atoms with E-state index in [1.165, 1.54) is 12.8 Å². The van der Waals surface area contributed by atoms with Gasteiger partial charge >= 0.3 is 0 Å². The van der Waals surface area contributed by atoms with Crippen molar-refractivity contribution in [2.24, 2.45) is 11.1 Å². The van der Waals surface area contributed by atoms with Crippen molar-refractivity contribution in [2.45, 2.75) is 46.1 Å². The van der Waals surface area contributed by atoms with Crippen molar-refractivity contribution >= 4 is 0 Å². The zero-order valence-electron chi connectivity index (χ0n) is 11.2. The van der Waals surface area contributed by atoms with Gasteiger partial charge in [-0.1, -0.05) is 6.92 Å². The van der Waals surface area contributed by atoms with E-state index in [9.17, 15) is 0 Å². The van der Waals surface area contributed by atoms with Gasteiger partial charge in [0.25, 0.3) is 0 Å². The van der Waals surface area contributed by atoms with Crippen LogP contribution in [0.3, 0.4) is 0 Å². The molecule has 0 aliphatic heterocycles. The number of hydrogen-bond acceptors (Lipinski definition) is 3. The van der Waals surface area contributed by atoms with Crippen LogP contribution in [0, 0.1) is 19.3 Å². The van der Waals surface area contributed by atoms with Crippen LogP contribution in [-0.4, -0.2) is 18.1 Å². The summed E-state index contributed by atoms with van der Waals surface area (Å²) in [4.78, 5) is 4.51. The van der Waals surface area contributed by atoms with Crippen LogP contribution in [0.25, 0.3) is 0 Å². The van der Waals surface area contributed by atoms with Gasteiger partial charge in [-0.05, 0) is 32.1 Å². The Morgan fingerprint density at radius 1 is 1.47 bits per heavy atom. The van der Waals surface area contributed by atoms with Crippen LogP contribution in [0.1, 0.15) is 36.6 Å². The highest BCUT2D eigenvalue weighted by Crippen LogP contribution is 2.48. The first-order chi connectivity index (χ1) is 7.98. The molecule has 94 valence electrons. The van der Waals surface area contributed by atoms with Crippen molar-refractivity contribution in [3.8, 4) is 5.75 Å². The fourth-order valence-corrected chi connectivity index (χ4v) is 2.30. The number of pyridine rings is 1. The lowest BCUT2D eigenvalue weighted by atomic mass is 9.93. The van der Waals surface area contributed by atoms with Crippen LogP contribution >= 0.6 is 0 Å². The summed E-state index contributed by atoms with van der Waals surface area (Å²) in [5.41, 5.74) is 9.89. The van der Waals surface area contributed by atoms with Crippen molar-refractivity contribution in [2.75, 3.05) is 7.11 Å². The minimum Gasteiger partial charge on any atom is -0.496 e.